The van der Waals surface area contributed by atoms with Gasteiger partial charge in [-0.05, 0) is 30.3 Å². The molecule has 0 unspecified atom stereocenters. The van der Waals surface area contributed by atoms with Crippen molar-refractivity contribution >= 4 is 34.7 Å². The van der Waals surface area contributed by atoms with Crippen molar-refractivity contribution < 1.29 is 33.7 Å². The molecular formula is C29H21NO7. The van der Waals surface area contributed by atoms with Gasteiger partial charge in [0.05, 0.1) is 12.0 Å². The Bertz CT molecular complexity index is 1650. The standard InChI is InChI=1S/C29H21NO7/c1-30-14-16(17-6-2-4-8-21(17)30)12-24-28(34)19-10-11-23-27(29(19)37-24)20(13-26(33)36-23)18-7-3-5-9-22(18)35-15-25(31)32/h2-12,14,20H,13,15H2,1H3,(H,31,32)/b24-12-/t20-/m0/s1. The molecule has 8 heteroatoms. The van der Waals surface area contributed by atoms with Crippen molar-refractivity contribution in [3.05, 3.63) is 94.9 Å². The Kier molecular flexibility index (Phi) is 5.30. The Hall–Kier alpha value is -4.85. The Morgan fingerprint density at radius 1 is 1.08 bits per heavy atom. The Morgan fingerprint density at radius 2 is 1.86 bits per heavy atom. The lowest BCUT2D eigenvalue weighted by molar-refractivity contribution is -0.139. The van der Waals surface area contributed by atoms with Crippen LogP contribution in [0.3, 0.4) is 0 Å². The molecule has 0 bridgehead atoms. The zero-order chi connectivity index (χ0) is 25.7. The number of allylic oxidation sites excluding steroid dienone is 1. The van der Waals surface area contributed by atoms with Gasteiger partial charge in [-0.1, -0.05) is 36.4 Å². The van der Waals surface area contributed by atoms with E-state index in [9.17, 15) is 14.4 Å². The van der Waals surface area contributed by atoms with Gasteiger partial charge in [0.25, 0.3) is 0 Å². The number of carbonyl (C=O) groups is 3. The smallest absolute Gasteiger partial charge is 0.341 e. The molecule has 0 spiro atoms. The first-order chi connectivity index (χ1) is 17.9. The van der Waals surface area contributed by atoms with E-state index in [1.54, 1.807) is 42.5 Å². The fourth-order valence-corrected chi connectivity index (χ4v) is 5.04. The zero-order valence-electron chi connectivity index (χ0n) is 19.8. The minimum atomic E-state index is -1.11. The third-order valence-electron chi connectivity index (χ3n) is 6.64. The van der Waals surface area contributed by atoms with Gasteiger partial charge in [0.1, 0.15) is 17.2 Å². The molecule has 0 aliphatic carbocycles. The van der Waals surface area contributed by atoms with E-state index in [1.807, 2.05) is 42.1 Å². The number of fused-ring (bicyclic) bond motifs is 4. The van der Waals surface area contributed by atoms with Crippen LogP contribution < -0.4 is 14.2 Å². The zero-order valence-corrected chi connectivity index (χ0v) is 19.8. The van der Waals surface area contributed by atoms with E-state index < -0.39 is 24.5 Å². The van der Waals surface area contributed by atoms with Crippen LogP contribution in [0.15, 0.2) is 72.6 Å². The van der Waals surface area contributed by atoms with Crippen LogP contribution in [0.25, 0.3) is 17.0 Å². The van der Waals surface area contributed by atoms with Crippen LogP contribution in [0.2, 0.25) is 0 Å². The molecule has 2 aliphatic rings. The van der Waals surface area contributed by atoms with Crippen molar-refractivity contribution in [1.29, 1.82) is 0 Å². The maximum atomic E-state index is 13.4. The van der Waals surface area contributed by atoms with Crippen molar-refractivity contribution in [2.24, 2.45) is 7.05 Å². The van der Waals surface area contributed by atoms with E-state index in [2.05, 4.69) is 0 Å². The molecule has 0 radical (unpaired) electrons. The fourth-order valence-electron chi connectivity index (χ4n) is 5.04. The van der Waals surface area contributed by atoms with E-state index in [0.717, 1.165) is 16.5 Å². The number of esters is 1. The predicted molar refractivity (Wildman–Crippen MR) is 134 cm³/mol. The van der Waals surface area contributed by atoms with E-state index in [1.165, 1.54) is 0 Å². The number of carboxylic acid groups (broad SMARTS) is 1. The number of ketones is 1. The number of nitrogens with zero attached hydrogens (tertiary/aromatic N) is 1. The van der Waals surface area contributed by atoms with Crippen LogP contribution in [0.4, 0.5) is 0 Å². The highest BCUT2D eigenvalue weighted by Gasteiger charge is 2.39. The number of aromatic nitrogens is 1. The maximum Gasteiger partial charge on any atom is 0.341 e. The number of Topliss-reactive ketones (excluding diaryl/α,β-unsaturated/α-hetero) is 1. The van der Waals surface area contributed by atoms with Gasteiger partial charge in [0, 0.05) is 46.8 Å². The van der Waals surface area contributed by atoms with Crippen LogP contribution in [0, 0.1) is 0 Å². The van der Waals surface area contributed by atoms with Crippen molar-refractivity contribution in [2.45, 2.75) is 12.3 Å². The monoisotopic (exact) mass is 495 g/mol. The Balaban J connectivity index is 1.45. The summed E-state index contributed by atoms with van der Waals surface area (Å²) in [5, 5.41) is 10.1. The lowest BCUT2D eigenvalue weighted by Gasteiger charge is -2.27. The van der Waals surface area contributed by atoms with Crippen molar-refractivity contribution in [3.63, 3.8) is 0 Å². The molecule has 4 aromatic rings. The van der Waals surface area contributed by atoms with Gasteiger partial charge in [-0.3, -0.25) is 9.59 Å². The van der Waals surface area contributed by atoms with Crippen LogP contribution >= 0.6 is 0 Å². The number of para-hydroxylation sites is 2. The SMILES string of the molecule is Cn1cc(/C=C2\Oc3c(ccc4c3[C@H](c3ccccc3OCC(=O)O)CC(=O)O4)C2=O)c2ccccc21. The number of carbonyl (C=O) groups excluding carboxylic acids is 2. The van der Waals surface area contributed by atoms with Gasteiger partial charge in [-0.15, -0.1) is 0 Å². The highest BCUT2D eigenvalue weighted by atomic mass is 16.5. The van der Waals surface area contributed by atoms with Crippen LogP contribution in [-0.4, -0.2) is 34.0 Å². The summed E-state index contributed by atoms with van der Waals surface area (Å²) in [5.74, 6) is -1.24. The highest BCUT2D eigenvalue weighted by molar-refractivity contribution is 6.15. The number of ether oxygens (including phenoxy) is 3. The third-order valence-corrected chi connectivity index (χ3v) is 6.64. The van der Waals surface area contributed by atoms with Crippen LogP contribution in [0.1, 0.15) is 39.4 Å². The van der Waals surface area contributed by atoms with Crippen molar-refractivity contribution in [1.82, 2.24) is 4.57 Å². The van der Waals surface area contributed by atoms with E-state index in [4.69, 9.17) is 19.3 Å². The average Bonchev–Trinajstić information content (AvgIpc) is 3.38. The Labute approximate surface area is 211 Å². The van der Waals surface area contributed by atoms with Gasteiger partial charge < -0.3 is 23.9 Å². The molecule has 1 N–H and O–H groups in total. The first-order valence-corrected chi connectivity index (χ1v) is 11.7. The number of rotatable bonds is 5. The summed E-state index contributed by atoms with van der Waals surface area (Å²) in [6, 6.07) is 18.0. The van der Waals surface area contributed by atoms with Gasteiger partial charge in [-0.2, -0.15) is 0 Å². The molecule has 0 saturated carbocycles. The van der Waals surface area contributed by atoms with E-state index >= 15 is 0 Å². The van der Waals surface area contributed by atoms with Crippen molar-refractivity contribution in [3.8, 4) is 17.2 Å². The van der Waals surface area contributed by atoms with E-state index in [-0.39, 0.29) is 18.0 Å². The summed E-state index contributed by atoms with van der Waals surface area (Å²) in [7, 11) is 1.94. The molecule has 3 heterocycles. The third kappa shape index (κ3) is 3.83. The average molecular weight is 495 g/mol. The summed E-state index contributed by atoms with van der Waals surface area (Å²) < 4.78 is 19.2. The molecule has 184 valence electrons. The molecule has 1 aromatic heterocycles. The molecule has 0 saturated heterocycles. The number of aryl methyl sites for hydroxylation is 1. The Morgan fingerprint density at radius 3 is 2.70 bits per heavy atom. The number of aliphatic carboxylic acids is 1. The minimum absolute atomic E-state index is 0.0170. The molecule has 0 amide bonds. The molecular weight excluding hydrogens is 474 g/mol. The predicted octanol–water partition coefficient (Wildman–Crippen LogP) is 4.70. The first kappa shape index (κ1) is 22.6. The second-order valence-corrected chi connectivity index (χ2v) is 8.96. The first-order valence-electron chi connectivity index (χ1n) is 11.7. The minimum Gasteiger partial charge on any atom is -0.482 e. The van der Waals surface area contributed by atoms with Crippen molar-refractivity contribution in [2.75, 3.05) is 6.61 Å². The van der Waals surface area contributed by atoms with Gasteiger partial charge in [-0.25, -0.2) is 4.79 Å². The maximum absolute atomic E-state index is 13.4. The summed E-state index contributed by atoms with van der Waals surface area (Å²) in [6.45, 7) is -0.527. The number of carboxylic acids is 1. The fraction of sp³-hybridized carbons (Fsp3) is 0.138. The summed E-state index contributed by atoms with van der Waals surface area (Å²) >= 11 is 0. The normalized spacial score (nSPS) is 17.3. The van der Waals surface area contributed by atoms with Gasteiger partial charge >= 0.3 is 11.9 Å². The number of benzene rings is 3. The second kappa shape index (κ2) is 8.67. The molecule has 1 atom stereocenters. The molecule has 2 aliphatic heterocycles. The summed E-state index contributed by atoms with van der Waals surface area (Å²) in [6.07, 6.45) is 3.65. The lowest BCUT2D eigenvalue weighted by Crippen LogP contribution is -2.22. The van der Waals surface area contributed by atoms with Gasteiger partial charge in [0.15, 0.2) is 12.4 Å². The number of hydrogen-bond acceptors (Lipinski definition) is 6. The molecule has 3 aromatic carbocycles. The molecule has 8 nitrogen and oxygen atoms in total. The quantitative estimate of drug-likeness (QED) is 0.243. The largest absolute Gasteiger partial charge is 0.482 e. The molecule has 0 fully saturated rings. The number of hydrogen-bond donors (Lipinski definition) is 1. The lowest BCUT2D eigenvalue weighted by atomic mass is 9.84. The van der Waals surface area contributed by atoms with E-state index in [0.29, 0.717) is 33.9 Å². The molecule has 37 heavy (non-hydrogen) atoms. The summed E-state index contributed by atoms with van der Waals surface area (Å²) in [5.41, 5.74) is 3.41. The van der Waals surface area contributed by atoms with Gasteiger partial charge in [0.2, 0.25) is 5.78 Å². The summed E-state index contributed by atoms with van der Waals surface area (Å²) in [4.78, 5) is 37.0. The highest BCUT2D eigenvalue weighted by Crippen LogP contribution is 2.50. The van der Waals surface area contributed by atoms with Crippen LogP contribution in [0.5, 0.6) is 17.2 Å². The topological polar surface area (TPSA) is 104 Å². The van der Waals surface area contributed by atoms with Crippen LogP contribution in [-0.2, 0) is 16.6 Å². The second-order valence-electron chi connectivity index (χ2n) is 8.96. The molecule has 6 rings (SSSR count).